The van der Waals surface area contributed by atoms with E-state index in [1.807, 2.05) is 0 Å². The second kappa shape index (κ2) is 8.16. The largest absolute Gasteiger partial charge is 0.317 e. The molecular formula is C16H34N2. The van der Waals surface area contributed by atoms with Crippen LogP contribution in [0.25, 0.3) is 0 Å². The molecule has 1 rings (SSSR count). The standard InChI is InChI=1S/C16H34N2/c1-6-17-12-14(4)15(5)18-10-7-8-16(9-11-18)13(2)3/h13-17H,6-12H2,1-5H3. The fourth-order valence-corrected chi connectivity index (χ4v) is 3.12. The molecule has 1 N–H and O–H groups in total. The van der Waals surface area contributed by atoms with Crippen LogP contribution in [0.2, 0.25) is 0 Å². The molecule has 1 fully saturated rings. The monoisotopic (exact) mass is 254 g/mol. The number of rotatable bonds is 6. The van der Waals surface area contributed by atoms with Gasteiger partial charge in [-0.25, -0.2) is 0 Å². The summed E-state index contributed by atoms with van der Waals surface area (Å²) in [6, 6.07) is 0.718. The number of hydrogen-bond acceptors (Lipinski definition) is 2. The summed E-state index contributed by atoms with van der Waals surface area (Å²) in [5.41, 5.74) is 0. The van der Waals surface area contributed by atoms with Crippen molar-refractivity contribution in [3.8, 4) is 0 Å². The van der Waals surface area contributed by atoms with Crippen molar-refractivity contribution in [2.45, 2.75) is 59.9 Å². The van der Waals surface area contributed by atoms with Crippen molar-refractivity contribution in [1.82, 2.24) is 10.2 Å². The lowest BCUT2D eigenvalue weighted by molar-refractivity contribution is 0.162. The molecule has 0 spiro atoms. The lowest BCUT2D eigenvalue weighted by Gasteiger charge is -2.32. The summed E-state index contributed by atoms with van der Waals surface area (Å²) in [6.45, 7) is 16.6. The molecule has 0 radical (unpaired) electrons. The van der Waals surface area contributed by atoms with E-state index in [-0.39, 0.29) is 0 Å². The summed E-state index contributed by atoms with van der Waals surface area (Å²) in [5, 5.41) is 3.48. The van der Waals surface area contributed by atoms with Gasteiger partial charge in [-0.3, -0.25) is 0 Å². The first kappa shape index (κ1) is 16.0. The van der Waals surface area contributed by atoms with Gasteiger partial charge in [0.05, 0.1) is 0 Å². The first-order valence-electron chi connectivity index (χ1n) is 8.01. The quantitative estimate of drug-likeness (QED) is 0.782. The van der Waals surface area contributed by atoms with Crippen molar-refractivity contribution < 1.29 is 0 Å². The minimum absolute atomic E-state index is 0.718. The first-order valence-corrected chi connectivity index (χ1v) is 8.01. The topological polar surface area (TPSA) is 15.3 Å². The highest BCUT2D eigenvalue weighted by Crippen LogP contribution is 2.26. The molecule has 0 amide bonds. The Morgan fingerprint density at radius 1 is 1.11 bits per heavy atom. The number of nitrogens with one attached hydrogen (secondary N) is 1. The molecule has 1 saturated heterocycles. The van der Waals surface area contributed by atoms with Crippen LogP contribution in [-0.4, -0.2) is 37.1 Å². The van der Waals surface area contributed by atoms with Crippen LogP contribution in [0, 0.1) is 17.8 Å². The Morgan fingerprint density at radius 3 is 2.44 bits per heavy atom. The van der Waals surface area contributed by atoms with E-state index in [4.69, 9.17) is 0 Å². The molecule has 1 aliphatic heterocycles. The predicted molar refractivity (Wildman–Crippen MR) is 80.9 cm³/mol. The highest BCUT2D eigenvalue weighted by Gasteiger charge is 2.24. The molecule has 2 nitrogen and oxygen atoms in total. The Kier molecular flexibility index (Phi) is 7.25. The molecule has 108 valence electrons. The maximum absolute atomic E-state index is 3.48. The second-order valence-corrected chi connectivity index (χ2v) is 6.50. The molecule has 0 saturated carbocycles. The average Bonchev–Trinajstić information content (AvgIpc) is 2.60. The van der Waals surface area contributed by atoms with Gasteiger partial charge >= 0.3 is 0 Å². The van der Waals surface area contributed by atoms with Crippen molar-refractivity contribution in [3.63, 3.8) is 0 Å². The molecule has 18 heavy (non-hydrogen) atoms. The summed E-state index contributed by atoms with van der Waals surface area (Å²) >= 11 is 0. The highest BCUT2D eigenvalue weighted by molar-refractivity contribution is 4.79. The number of likely N-dealkylation sites (tertiary alicyclic amines) is 1. The van der Waals surface area contributed by atoms with E-state index in [1.54, 1.807) is 0 Å². The van der Waals surface area contributed by atoms with Gasteiger partial charge in [0.15, 0.2) is 0 Å². The van der Waals surface area contributed by atoms with Gasteiger partial charge in [-0.2, -0.15) is 0 Å². The maximum Gasteiger partial charge on any atom is 0.0105 e. The summed E-state index contributed by atoms with van der Waals surface area (Å²) in [6.07, 6.45) is 4.22. The smallest absolute Gasteiger partial charge is 0.0105 e. The van der Waals surface area contributed by atoms with E-state index in [0.717, 1.165) is 36.9 Å². The summed E-state index contributed by atoms with van der Waals surface area (Å²) in [5.74, 6) is 2.56. The molecule has 0 aromatic heterocycles. The van der Waals surface area contributed by atoms with Crippen LogP contribution in [0.3, 0.4) is 0 Å². The van der Waals surface area contributed by atoms with Gasteiger partial charge in [0, 0.05) is 6.04 Å². The Morgan fingerprint density at radius 2 is 1.83 bits per heavy atom. The molecule has 0 aromatic rings. The van der Waals surface area contributed by atoms with Crippen LogP contribution in [-0.2, 0) is 0 Å². The first-order chi connectivity index (χ1) is 8.56. The van der Waals surface area contributed by atoms with E-state index < -0.39 is 0 Å². The van der Waals surface area contributed by atoms with Crippen LogP contribution >= 0.6 is 0 Å². The van der Waals surface area contributed by atoms with E-state index in [2.05, 4.69) is 44.8 Å². The van der Waals surface area contributed by atoms with Gasteiger partial charge in [0.1, 0.15) is 0 Å². The van der Waals surface area contributed by atoms with Crippen LogP contribution in [0.1, 0.15) is 53.9 Å². The van der Waals surface area contributed by atoms with Gasteiger partial charge < -0.3 is 10.2 Å². The minimum atomic E-state index is 0.718. The number of nitrogens with zero attached hydrogens (tertiary/aromatic N) is 1. The van der Waals surface area contributed by atoms with Crippen LogP contribution < -0.4 is 5.32 Å². The Bertz CT molecular complexity index is 215. The third-order valence-corrected chi connectivity index (χ3v) is 4.87. The average molecular weight is 254 g/mol. The van der Waals surface area contributed by atoms with Crippen molar-refractivity contribution in [3.05, 3.63) is 0 Å². The van der Waals surface area contributed by atoms with Crippen LogP contribution in [0.15, 0.2) is 0 Å². The zero-order valence-corrected chi connectivity index (χ0v) is 13.2. The van der Waals surface area contributed by atoms with Crippen molar-refractivity contribution in [2.75, 3.05) is 26.2 Å². The Hall–Kier alpha value is -0.0800. The minimum Gasteiger partial charge on any atom is -0.317 e. The van der Waals surface area contributed by atoms with Gasteiger partial charge in [-0.05, 0) is 70.1 Å². The lowest BCUT2D eigenvalue weighted by atomic mass is 9.89. The van der Waals surface area contributed by atoms with Crippen LogP contribution in [0.5, 0.6) is 0 Å². The van der Waals surface area contributed by atoms with Crippen molar-refractivity contribution in [2.24, 2.45) is 17.8 Å². The lowest BCUT2D eigenvalue weighted by Crippen LogP contribution is -2.41. The summed E-state index contributed by atoms with van der Waals surface area (Å²) in [4.78, 5) is 2.73. The summed E-state index contributed by atoms with van der Waals surface area (Å²) in [7, 11) is 0. The SMILES string of the molecule is CCNCC(C)C(C)N1CCCC(C(C)C)CC1. The molecule has 3 atom stereocenters. The fraction of sp³-hybridized carbons (Fsp3) is 1.00. The Balaban J connectivity index is 2.41. The molecule has 1 aliphatic rings. The second-order valence-electron chi connectivity index (χ2n) is 6.50. The molecule has 0 bridgehead atoms. The molecular weight excluding hydrogens is 220 g/mol. The molecule has 2 heteroatoms. The Labute approximate surface area is 115 Å². The third kappa shape index (κ3) is 4.89. The zero-order valence-electron chi connectivity index (χ0n) is 13.2. The van der Waals surface area contributed by atoms with Gasteiger partial charge in [0.25, 0.3) is 0 Å². The zero-order chi connectivity index (χ0) is 13.5. The molecule has 0 aromatic carbocycles. The van der Waals surface area contributed by atoms with E-state index in [0.29, 0.717) is 0 Å². The highest BCUT2D eigenvalue weighted by atomic mass is 15.2. The summed E-state index contributed by atoms with van der Waals surface area (Å²) < 4.78 is 0. The normalized spacial score (nSPS) is 26.0. The predicted octanol–water partition coefficient (Wildman–Crippen LogP) is 3.38. The van der Waals surface area contributed by atoms with E-state index in [9.17, 15) is 0 Å². The van der Waals surface area contributed by atoms with Crippen molar-refractivity contribution in [1.29, 1.82) is 0 Å². The molecule has 0 aliphatic carbocycles. The van der Waals surface area contributed by atoms with E-state index in [1.165, 1.54) is 32.4 Å². The van der Waals surface area contributed by atoms with Crippen LogP contribution in [0.4, 0.5) is 0 Å². The number of hydrogen-bond donors (Lipinski definition) is 1. The van der Waals surface area contributed by atoms with E-state index >= 15 is 0 Å². The molecule has 1 heterocycles. The molecule has 3 unspecified atom stereocenters. The maximum atomic E-state index is 3.48. The van der Waals surface area contributed by atoms with Gasteiger partial charge in [-0.1, -0.05) is 27.7 Å². The van der Waals surface area contributed by atoms with Gasteiger partial charge in [-0.15, -0.1) is 0 Å². The fourth-order valence-electron chi connectivity index (χ4n) is 3.12. The third-order valence-electron chi connectivity index (χ3n) is 4.87. The van der Waals surface area contributed by atoms with Crippen molar-refractivity contribution >= 4 is 0 Å². The van der Waals surface area contributed by atoms with Gasteiger partial charge in [0.2, 0.25) is 0 Å².